The Morgan fingerprint density at radius 3 is 2.57 bits per heavy atom. The van der Waals surface area contributed by atoms with Crippen molar-refractivity contribution >= 4 is 10.0 Å². The minimum Gasteiger partial charge on any atom is -0.497 e. The number of rotatable bonds is 8. The van der Waals surface area contributed by atoms with E-state index in [9.17, 15) is 8.42 Å². The molecule has 0 saturated heterocycles. The molecule has 1 aromatic carbocycles. The zero-order chi connectivity index (χ0) is 16.0. The van der Waals surface area contributed by atoms with Gasteiger partial charge in [-0.2, -0.15) is 4.31 Å². The van der Waals surface area contributed by atoms with Crippen LogP contribution in [0.25, 0.3) is 0 Å². The Morgan fingerprint density at radius 1 is 1.43 bits per heavy atom. The van der Waals surface area contributed by atoms with Gasteiger partial charge >= 0.3 is 0 Å². The molecule has 0 aliphatic heterocycles. The van der Waals surface area contributed by atoms with E-state index in [1.807, 2.05) is 13.8 Å². The molecule has 5 nitrogen and oxygen atoms in total. The lowest BCUT2D eigenvalue weighted by molar-refractivity contribution is 0.413. The second kappa shape index (κ2) is 7.59. The summed E-state index contributed by atoms with van der Waals surface area (Å²) in [7, 11) is -2.01. The first-order valence-corrected chi connectivity index (χ1v) is 8.32. The topological polar surface area (TPSA) is 72.6 Å². The number of methoxy groups -OCH3 is 1. The molecule has 0 radical (unpaired) electrons. The van der Waals surface area contributed by atoms with Gasteiger partial charge in [-0.15, -0.1) is 0 Å². The molecule has 0 aliphatic carbocycles. The lowest BCUT2D eigenvalue weighted by atomic mass is 10.1. The number of nitrogens with zero attached hydrogens (tertiary/aromatic N) is 1. The molecule has 6 heteroatoms. The van der Waals surface area contributed by atoms with E-state index in [1.165, 1.54) is 4.31 Å². The van der Waals surface area contributed by atoms with Crippen LogP contribution >= 0.6 is 0 Å². The Bertz CT molecular complexity index is 597. The molecule has 0 aliphatic rings. The van der Waals surface area contributed by atoms with E-state index < -0.39 is 10.0 Å². The first-order chi connectivity index (χ1) is 9.86. The van der Waals surface area contributed by atoms with Crippen molar-refractivity contribution in [3.8, 4) is 5.75 Å². The third-order valence-corrected chi connectivity index (χ3v) is 5.12. The summed E-state index contributed by atoms with van der Waals surface area (Å²) in [4.78, 5) is 0.289. The van der Waals surface area contributed by atoms with Gasteiger partial charge in [-0.25, -0.2) is 8.42 Å². The van der Waals surface area contributed by atoms with Crippen molar-refractivity contribution in [3.05, 3.63) is 35.9 Å². The molecular formula is C15H24N2O3S. The first kappa shape index (κ1) is 17.7. The van der Waals surface area contributed by atoms with Crippen LogP contribution in [0.15, 0.2) is 35.2 Å². The van der Waals surface area contributed by atoms with E-state index in [1.54, 1.807) is 25.3 Å². The van der Waals surface area contributed by atoms with Gasteiger partial charge in [0.25, 0.3) is 0 Å². The predicted octanol–water partition coefficient (Wildman–Crippen LogP) is 1.78. The molecule has 0 fully saturated rings. The Labute approximate surface area is 127 Å². The van der Waals surface area contributed by atoms with Gasteiger partial charge in [0.1, 0.15) is 5.75 Å². The number of hydrogen-bond acceptors (Lipinski definition) is 4. The van der Waals surface area contributed by atoms with Crippen LogP contribution in [0.1, 0.15) is 19.4 Å². The van der Waals surface area contributed by atoms with Crippen LogP contribution in [0.2, 0.25) is 0 Å². The molecule has 0 bridgehead atoms. The van der Waals surface area contributed by atoms with Gasteiger partial charge in [-0.3, -0.25) is 0 Å². The van der Waals surface area contributed by atoms with Crippen LogP contribution in [0, 0.1) is 0 Å². The molecule has 0 amide bonds. The molecule has 0 heterocycles. The summed E-state index contributed by atoms with van der Waals surface area (Å²) in [6.45, 7) is 8.50. The van der Waals surface area contributed by atoms with Crippen LogP contribution in [0.5, 0.6) is 5.75 Å². The monoisotopic (exact) mass is 312 g/mol. The van der Waals surface area contributed by atoms with Crippen molar-refractivity contribution < 1.29 is 13.2 Å². The number of likely N-dealkylation sites (N-methyl/N-ethyl adjacent to an activating group) is 1. The molecule has 0 aromatic heterocycles. The lowest BCUT2D eigenvalue weighted by Crippen LogP contribution is -2.33. The van der Waals surface area contributed by atoms with Crippen molar-refractivity contribution in [1.82, 2.24) is 4.31 Å². The van der Waals surface area contributed by atoms with E-state index >= 15 is 0 Å². The summed E-state index contributed by atoms with van der Waals surface area (Å²) in [6, 6.07) is 4.97. The zero-order valence-electron chi connectivity index (χ0n) is 12.9. The summed E-state index contributed by atoms with van der Waals surface area (Å²) in [5.41, 5.74) is 7.07. The third-order valence-electron chi connectivity index (χ3n) is 3.10. The number of ether oxygens (including phenoxy) is 1. The van der Waals surface area contributed by atoms with Gasteiger partial charge in [-0.1, -0.05) is 19.1 Å². The first-order valence-electron chi connectivity index (χ1n) is 6.88. The predicted molar refractivity (Wildman–Crippen MR) is 85.0 cm³/mol. The molecule has 0 atom stereocenters. The maximum absolute atomic E-state index is 12.8. The summed E-state index contributed by atoms with van der Waals surface area (Å²) >= 11 is 0. The average molecular weight is 312 g/mol. The zero-order valence-corrected chi connectivity index (χ0v) is 13.7. The minimum atomic E-state index is -3.56. The highest BCUT2D eigenvalue weighted by Gasteiger charge is 2.25. The average Bonchev–Trinajstić information content (AvgIpc) is 2.44. The van der Waals surface area contributed by atoms with Gasteiger partial charge in [0.05, 0.1) is 12.0 Å². The lowest BCUT2D eigenvalue weighted by Gasteiger charge is -2.22. The number of benzene rings is 1. The molecular weight excluding hydrogens is 288 g/mol. The normalized spacial score (nSPS) is 11.7. The minimum absolute atomic E-state index is 0.289. The molecule has 1 aromatic rings. The van der Waals surface area contributed by atoms with Gasteiger partial charge in [0.2, 0.25) is 10.0 Å². The van der Waals surface area contributed by atoms with E-state index in [0.717, 1.165) is 5.57 Å². The Hall–Kier alpha value is -1.37. The Balaban J connectivity index is 3.31. The highest BCUT2D eigenvalue weighted by molar-refractivity contribution is 7.89. The highest BCUT2D eigenvalue weighted by atomic mass is 32.2. The summed E-state index contributed by atoms with van der Waals surface area (Å²) < 4.78 is 32.2. The molecule has 0 spiro atoms. The SMILES string of the molecule is C=C(C)CN(CC)S(=O)(=O)c1ccc(OC)cc1CCN. The summed E-state index contributed by atoms with van der Waals surface area (Å²) in [5.74, 6) is 0.625. The molecule has 118 valence electrons. The fraction of sp³-hybridized carbons (Fsp3) is 0.467. The molecule has 0 unspecified atom stereocenters. The smallest absolute Gasteiger partial charge is 0.243 e. The maximum Gasteiger partial charge on any atom is 0.243 e. The van der Waals surface area contributed by atoms with Crippen molar-refractivity contribution in [2.24, 2.45) is 5.73 Å². The van der Waals surface area contributed by atoms with Crippen LogP contribution in [-0.4, -0.2) is 39.5 Å². The van der Waals surface area contributed by atoms with Crippen LogP contribution in [0.3, 0.4) is 0 Å². The summed E-state index contributed by atoms with van der Waals surface area (Å²) in [5, 5.41) is 0. The fourth-order valence-electron chi connectivity index (χ4n) is 2.09. The maximum atomic E-state index is 12.8. The molecule has 1 rings (SSSR count). The van der Waals surface area contributed by atoms with Gasteiger partial charge in [-0.05, 0) is 43.7 Å². The molecule has 0 saturated carbocycles. The number of hydrogen-bond donors (Lipinski definition) is 1. The van der Waals surface area contributed by atoms with E-state index in [0.29, 0.717) is 37.4 Å². The second-order valence-corrected chi connectivity index (χ2v) is 6.81. The van der Waals surface area contributed by atoms with Crippen molar-refractivity contribution in [2.45, 2.75) is 25.2 Å². The third kappa shape index (κ3) is 4.30. The molecule has 2 N–H and O–H groups in total. The summed E-state index contributed by atoms with van der Waals surface area (Å²) in [6.07, 6.45) is 0.483. The van der Waals surface area contributed by atoms with Crippen molar-refractivity contribution in [3.63, 3.8) is 0 Å². The van der Waals surface area contributed by atoms with Crippen LogP contribution < -0.4 is 10.5 Å². The molecule has 21 heavy (non-hydrogen) atoms. The van der Waals surface area contributed by atoms with E-state index in [-0.39, 0.29) is 4.90 Å². The fourth-order valence-corrected chi connectivity index (χ4v) is 3.83. The Kier molecular flexibility index (Phi) is 6.39. The standard InChI is InChI=1S/C15H24N2O3S/c1-5-17(11-12(2)3)21(18,19)15-7-6-14(20-4)10-13(15)8-9-16/h6-7,10H,2,5,8-9,11,16H2,1,3-4H3. The van der Waals surface area contributed by atoms with E-state index in [2.05, 4.69) is 6.58 Å². The van der Waals surface area contributed by atoms with Gasteiger partial charge in [0.15, 0.2) is 0 Å². The van der Waals surface area contributed by atoms with Crippen molar-refractivity contribution in [2.75, 3.05) is 26.7 Å². The van der Waals surface area contributed by atoms with Crippen LogP contribution in [-0.2, 0) is 16.4 Å². The largest absolute Gasteiger partial charge is 0.497 e. The van der Waals surface area contributed by atoms with Crippen molar-refractivity contribution in [1.29, 1.82) is 0 Å². The van der Waals surface area contributed by atoms with Gasteiger partial charge in [0, 0.05) is 13.1 Å². The number of nitrogens with two attached hydrogens (primary N) is 1. The quantitative estimate of drug-likeness (QED) is 0.743. The van der Waals surface area contributed by atoms with E-state index in [4.69, 9.17) is 10.5 Å². The van der Waals surface area contributed by atoms with Crippen LogP contribution in [0.4, 0.5) is 0 Å². The highest BCUT2D eigenvalue weighted by Crippen LogP contribution is 2.25. The Morgan fingerprint density at radius 2 is 2.10 bits per heavy atom. The number of sulfonamides is 1. The second-order valence-electron chi connectivity index (χ2n) is 4.90. The van der Waals surface area contributed by atoms with Gasteiger partial charge < -0.3 is 10.5 Å².